The molecule has 0 aliphatic carbocycles. The molecular weight excluding hydrogens is 128 g/mol. The number of hydrogen-bond donors (Lipinski definition) is 0. The fourth-order valence-electron chi connectivity index (χ4n) is 0.718. The predicted octanol–water partition coefficient (Wildman–Crippen LogP) is 1.96. The van der Waals surface area contributed by atoms with Crippen LogP contribution in [-0.2, 0) is 0 Å². The number of rotatable bonds is 5. The van der Waals surface area contributed by atoms with Crippen LogP contribution in [0.3, 0.4) is 0 Å². The summed E-state index contributed by atoms with van der Waals surface area (Å²) < 4.78 is 0. The quantitative estimate of drug-likeness (QED) is 0.334. The minimum atomic E-state index is 0.581. The third-order valence-corrected chi connectivity index (χ3v) is 1.05. The standard InChI is InChI=1S/C7H14N2O/c1-4-5-9(8-10)6-7(2)3/h2,4-6H2,1,3H3. The highest BCUT2D eigenvalue weighted by molar-refractivity contribution is 4.90. The topological polar surface area (TPSA) is 32.7 Å². The van der Waals surface area contributed by atoms with Crippen LogP contribution in [0.1, 0.15) is 20.3 Å². The fourth-order valence-corrected chi connectivity index (χ4v) is 0.718. The molecule has 0 saturated carbocycles. The van der Waals surface area contributed by atoms with Crippen molar-refractivity contribution in [2.75, 3.05) is 13.1 Å². The molecule has 0 bridgehead atoms. The fraction of sp³-hybridized carbons (Fsp3) is 0.714. The summed E-state index contributed by atoms with van der Waals surface area (Å²) in [6, 6.07) is 0. The summed E-state index contributed by atoms with van der Waals surface area (Å²) in [7, 11) is 0. The van der Waals surface area contributed by atoms with E-state index >= 15 is 0 Å². The van der Waals surface area contributed by atoms with Gasteiger partial charge in [-0.3, -0.25) is 5.01 Å². The average molecular weight is 142 g/mol. The third kappa shape index (κ3) is 4.06. The summed E-state index contributed by atoms with van der Waals surface area (Å²) >= 11 is 0. The molecule has 10 heavy (non-hydrogen) atoms. The van der Waals surface area contributed by atoms with Crippen molar-refractivity contribution in [2.45, 2.75) is 20.3 Å². The number of nitroso groups, excluding NO2 is 1. The van der Waals surface area contributed by atoms with E-state index in [2.05, 4.69) is 11.9 Å². The Labute approximate surface area is 61.7 Å². The molecule has 0 aromatic rings. The molecule has 0 aliphatic rings. The lowest BCUT2D eigenvalue weighted by atomic mass is 10.3. The van der Waals surface area contributed by atoms with Crippen molar-refractivity contribution in [3.05, 3.63) is 17.1 Å². The van der Waals surface area contributed by atoms with Gasteiger partial charge >= 0.3 is 0 Å². The van der Waals surface area contributed by atoms with E-state index in [9.17, 15) is 4.91 Å². The van der Waals surface area contributed by atoms with Crippen LogP contribution in [0.2, 0.25) is 0 Å². The van der Waals surface area contributed by atoms with Gasteiger partial charge in [-0.15, -0.1) is 4.91 Å². The Morgan fingerprint density at radius 3 is 2.60 bits per heavy atom. The van der Waals surface area contributed by atoms with Crippen LogP contribution in [0.15, 0.2) is 17.4 Å². The smallest absolute Gasteiger partial charge is 0.0597 e. The molecule has 0 radical (unpaired) electrons. The second-order valence-corrected chi connectivity index (χ2v) is 2.43. The molecule has 0 spiro atoms. The molecule has 58 valence electrons. The molecule has 0 aliphatic heterocycles. The van der Waals surface area contributed by atoms with Gasteiger partial charge in [0.2, 0.25) is 0 Å². The van der Waals surface area contributed by atoms with Crippen LogP contribution in [0, 0.1) is 4.91 Å². The van der Waals surface area contributed by atoms with Crippen molar-refractivity contribution in [3.8, 4) is 0 Å². The molecule has 3 nitrogen and oxygen atoms in total. The van der Waals surface area contributed by atoms with Crippen LogP contribution >= 0.6 is 0 Å². The van der Waals surface area contributed by atoms with Gasteiger partial charge in [0, 0.05) is 6.54 Å². The highest BCUT2D eigenvalue weighted by Crippen LogP contribution is 1.96. The zero-order chi connectivity index (χ0) is 7.98. The van der Waals surface area contributed by atoms with E-state index in [1.165, 1.54) is 5.01 Å². The number of hydrogen-bond acceptors (Lipinski definition) is 2. The zero-order valence-corrected chi connectivity index (χ0v) is 6.63. The molecule has 0 unspecified atom stereocenters. The van der Waals surface area contributed by atoms with E-state index in [0.717, 1.165) is 18.5 Å². The zero-order valence-electron chi connectivity index (χ0n) is 6.63. The van der Waals surface area contributed by atoms with Gasteiger partial charge in [0.15, 0.2) is 0 Å². The summed E-state index contributed by atoms with van der Waals surface area (Å²) in [5, 5.41) is 4.31. The van der Waals surface area contributed by atoms with E-state index in [0.29, 0.717) is 6.54 Å². The molecular formula is C7H14N2O. The maximum absolute atomic E-state index is 10.1. The van der Waals surface area contributed by atoms with Crippen molar-refractivity contribution in [3.63, 3.8) is 0 Å². The van der Waals surface area contributed by atoms with Crippen molar-refractivity contribution >= 4 is 0 Å². The van der Waals surface area contributed by atoms with E-state index < -0.39 is 0 Å². The maximum Gasteiger partial charge on any atom is 0.0597 e. The van der Waals surface area contributed by atoms with Gasteiger partial charge in [0.25, 0.3) is 0 Å². The average Bonchev–Trinajstić information content (AvgIpc) is 1.86. The second-order valence-electron chi connectivity index (χ2n) is 2.43. The Morgan fingerprint density at radius 2 is 2.30 bits per heavy atom. The lowest BCUT2D eigenvalue weighted by Crippen LogP contribution is -2.19. The van der Waals surface area contributed by atoms with Gasteiger partial charge in [0.1, 0.15) is 0 Å². The Balaban J connectivity index is 3.59. The summed E-state index contributed by atoms with van der Waals surface area (Å²) in [5.41, 5.74) is 0.966. The lowest BCUT2D eigenvalue weighted by Gasteiger charge is -2.12. The molecule has 0 fully saturated rings. The Hall–Kier alpha value is -0.860. The van der Waals surface area contributed by atoms with Gasteiger partial charge in [0.05, 0.1) is 11.8 Å². The predicted molar refractivity (Wildman–Crippen MR) is 42.5 cm³/mol. The van der Waals surface area contributed by atoms with Crippen LogP contribution in [0.25, 0.3) is 0 Å². The van der Waals surface area contributed by atoms with Crippen LogP contribution in [0.5, 0.6) is 0 Å². The SMILES string of the molecule is C=C(C)CN(CCC)N=O. The van der Waals surface area contributed by atoms with Gasteiger partial charge in [-0.25, -0.2) is 0 Å². The normalized spacial score (nSPS) is 9.00. The first kappa shape index (κ1) is 9.14. The second kappa shape index (κ2) is 4.97. The third-order valence-electron chi connectivity index (χ3n) is 1.05. The molecule has 0 atom stereocenters. The highest BCUT2D eigenvalue weighted by Gasteiger charge is 1.98. The summed E-state index contributed by atoms with van der Waals surface area (Å²) in [6.45, 7) is 8.88. The number of nitrogens with zero attached hydrogens (tertiary/aromatic N) is 2. The Kier molecular flexibility index (Phi) is 4.54. The monoisotopic (exact) mass is 142 g/mol. The first-order valence-corrected chi connectivity index (χ1v) is 3.43. The molecule has 0 saturated heterocycles. The van der Waals surface area contributed by atoms with Crippen LogP contribution < -0.4 is 0 Å². The minimum absolute atomic E-state index is 0.581. The largest absolute Gasteiger partial charge is 0.257 e. The van der Waals surface area contributed by atoms with Gasteiger partial charge < -0.3 is 0 Å². The molecule has 0 heterocycles. The molecule has 3 heteroatoms. The molecule has 0 aromatic carbocycles. The summed E-state index contributed by atoms with van der Waals surface area (Å²) in [6.07, 6.45) is 0.943. The highest BCUT2D eigenvalue weighted by atomic mass is 16.3. The van der Waals surface area contributed by atoms with Crippen molar-refractivity contribution in [1.82, 2.24) is 5.01 Å². The van der Waals surface area contributed by atoms with Gasteiger partial charge in [-0.05, 0) is 13.3 Å². The first-order chi connectivity index (χ1) is 4.70. The lowest BCUT2D eigenvalue weighted by molar-refractivity contribution is 0.309. The van der Waals surface area contributed by atoms with Gasteiger partial charge in [-0.1, -0.05) is 19.1 Å². The molecule has 0 amide bonds. The molecule has 0 N–H and O–H groups in total. The molecule has 0 aromatic heterocycles. The minimum Gasteiger partial charge on any atom is -0.257 e. The summed E-state index contributed by atoms with van der Waals surface area (Å²) in [4.78, 5) is 10.1. The molecule has 0 rings (SSSR count). The van der Waals surface area contributed by atoms with Gasteiger partial charge in [-0.2, -0.15) is 0 Å². The van der Waals surface area contributed by atoms with Crippen LogP contribution in [-0.4, -0.2) is 18.1 Å². The first-order valence-electron chi connectivity index (χ1n) is 3.43. The van der Waals surface area contributed by atoms with E-state index in [1.54, 1.807) is 0 Å². The van der Waals surface area contributed by atoms with Crippen molar-refractivity contribution in [1.29, 1.82) is 0 Å². The Bertz CT molecular complexity index is 123. The van der Waals surface area contributed by atoms with Crippen molar-refractivity contribution in [2.24, 2.45) is 5.29 Å². The van der Waals surface area contributed by atoms with Crippen LogP contribution in [0.4, 0.5) is 0 Å². The van der Waals surface area contributed by atoms with Crippen molar-refractivity contribution < 1.29 is 0 Å². The van der Waals surface area contributed by atoms with E-state index in [1.807, 2.05) is 13.8 Å². The summed E-state index contributed by atoms with van der Waals surface area (Å²) in [5.74, 6) is 0. The Morgan fingerprint density at radius 1 is 1.70 bits per heavy atom. The maximum atomic E-state index is 10.1. The van der Waals surface area contributed by atoms with E-state index in [4.69, 9.17) is 0 Å². The van der Waals surface area contributed by atoms with E-state index in [-0.39, 0.29) is 0 Å².